The zero-order valence-corrected chi connectivity index (χ0v) is 11.6. The third-order valence-corrected chi connectivity index (χ3v) is 3.76. The van der Waals surface area contributed by atoms with Gasteiger partial charge in [0.05, 0.1) is 5.92 Å². The van der Waals surface area contributed by atoms with Gasteiger partial charge in [-0.25, -0.2) is 5.84 Å². The molecular weight excluding hydrogens is 260 g/mol. The Morgan fingerprint density at radius 1 is 1.32 bits per heavy atom. The molecule has 1 aromatic rings. The summed E-state index contributed by atoms with van der Waals surface area (Å²) in [5.41, 5.74) is 4.24. The maximum absolute atomic E-state index is 12.3. The molecule has 3 nitrogen and oxygen atoms in total. The average Bonchev–Trinajstić information content (AvgIpc) is 2.51. The van der Waals surface area contributed by atoms with Crippen LogP contribution in [-0.4, -0.2) is 10.9 Å². The van der Waals surface area contributed by atoms with Crippen LogP contribution < -0.4 is 5.84 Å². The highest BCUT2D eigenvalue weighted by molar-refractivity contribution is 5.93. The molecular formula is C15H17ClN2O. The van der Waals surface area contributed by atoms with Crippen LogP contribution in [0.1, 0.15) is 36.8 Å². The Labute approximate surface area is 119 Å². The highest BCUT2D eigenvalue weighted by Crippen LogP contribution is 2.37. The number of carbonyl (C=O) groups is 1. The lowest BCUT2D eigenvalue weighted by atomic mass is 9.90. The van der Waals surface area contributed by atoms with Gasteiger partial charge >= 0.3 is 0 Å². The van der Waals surface area contributed by atoms with E-state index in [0.717, 1.165) is 35.2 Å². The van der Waals surface area contributed by atoms with E-state index in [1.165, 1.54) is 5.01 Å². The summed E-state index contributed by atoms with van der Waals surface area (Å²) in [6.45, 7) is 1.92. The SMILES string of the molecule is CC1C(=O)N(N)C2=C(C=CCC2)c2ccccc21.Cl. The second-order valence-corrected chi connectivity index (χ2v) is 4.82. The summed E-state index contributed by atoms with van der Waals surface area (Å²) in [5.74, 6) is 5.78. The van der Waals surface area contributed by atoms with Crippen LogP contribution in [0.25, 0.3) is 5.57 Å². The standard InChI is InChI=1S/C15H16N2O.ClH/c1-10-11-6-2-3-7-12(11)13-8-4-5-9-14(13)17(16)15(10)18;/h2-4,6-8,10H,5,9,16H2,1H3;1H. The van der Waals surface area contributed by atoms with Gasteiger partial charge in [-0.3, -0.25) is 9.80 Å². The minimum absolute atomic E-state index is 0. The number of allylic oxidation sites excluding steroid dienone is 4. The third kappa shape index (κ3) is 2.09. The third-order valence-electron chi connectivity index (χ3n) is 3.76. The monoisotopic (exact) mass is 276 g/mol. The van der Waals surface area contributed by atoms with Crippen LogP contribution >= 0.6 is 12.4 Å². The number of rotatable bonds is 0. The van der Waals surface area contributed by atoms with Crippen LogP contribution in [0.3, 0.4) is 0 Å². The Bertz CT molecular complexity index is 577. The Kier molecular flexibility index (Phi) is 3.78. The van der Waals surface area contributed by atoms with Crippen molar-refractivity contribution in [2.45, 2.75) is 25.7 Å². The molecule has 0 fully saturated rings. The molecule has 1 atom stereocenters. The van der Waals surface area contributed by atoms with Gasteiger partial charge in [-0.15, -0.1) is 12.4 Å². The first-order chi connectivity index (χ1) is 8.70. The number of nitrogens with two attached hydrogens (primary N) is 1. The first-order valence-corrected chi connectivity index (χ1v) is 6.28. The predicted octanol–water partition coefficient (Wildman–Crippen LogP) is 2.99. The number of hydrazine groups is 1. The summed E-state index contributed by atoms with van der Waals surface area (Å²) in [6, 6.07) is 8.07. The molecule has 0 radical (unpaired) electrons. The molecule has 1 heterocycles. The summed E-state index contributed by atoms with van der Waals surface area (Å²) in [4.78, 5) is 12.3. The van der Waals surface area contributed by atoms with Crippen molar-refractivity contribution < 1.29 is 4.79 Å². The zero-order chi connectivity index (χ0) is 12.7. The molecule has 1 unspecified atom stereocenters. The minimum Gasteiger partial charge on any atom is -0.272 e. The fraction of sp³-hybridized carbons (Fsp3) is 0.267. The largest absolute Gasteiger partial charge is 0.272 e. The molecule has 1 aliphatic heterocycles. The Morgan fingerprint density at radius 3 is 2.84 bits per heavy atom. The first-order valence-electron chi connectivity index (χ1n) is 6.28. The molecule has 4 heteroatoms. The van der Waals surface area contributed by atoms with Crippen LogP contribution in [-0.2, 0) is 4.79 Å². The van der Waals surface area contributed by atoms with Gasteiger partial charge in [0, 0.05) is 11.3 Å². The van der Waals surface area contributed by atoms with Gasteiger partial charge in [0.1, 0.15) is 0 Å². The highest BCUT2D eigenvalue weighted by atomic mass is 35.5. The normalized spacial score (nSPS) is 21.5. The first kappa shape index (κ1) is 13.8. The van der Waals surface area contributed by atoms with Gasteiger partial charge in [0.15, 0.2) is 0 Å². The lowest BCUT2D eigenvalue weighted by molar-refractivity contribution is -0.130. The maximum Gasteiger partial charge on any atom is 0.248 e. The molecule has 2 aliphatic rings. The number of hydrogen-bond acceptors (Lipinski definition) is 2. The molecule has 0 spiro atoms. The van der Waals surface area contributed by atoms with Crippen molar-refractivity contribution in [1.82, 2.24) is 5.01 Å². The number of benzene rings is 1. The van der Waals surface area contributed by atoms with E-state index in [-0.39, 0.29) is 24.2 Å². The van der Waals surface area contributed by atoms with E-state index in [1.807, 2.05) is 25.1 Å². The van der Waals surface area contributed by atoms with E-state index < -0.39 is 0 Å². The fourth-order valence-corrected chi connectivity index (χ4v) is 2.74. The van der Waals surface area contributed by atoms with Gasteiger partial charge in [-0.2, -0.15) is 0 Å². The van der Waals surface area contributed by atoms with Gasteiger partial charge < -0.3 is 0 Å². The number of nitrogens with zero attached hydrogens (tertiary/aromatic N) is 1. The number of fused-ring (bicyclic) bond motifs is 2. The summed E-state index contributed by atoms with van der Waals surface area (Å²) in [7, 11) is 0. The van der Waals surface area contributed by atoms with Gasteiger partial charge in [0.25, 0.3) is 0 Å². The number of halogens is 1. The molecule has 1 aromatic carbocycles. The molecule has 0 bridgehead atoms. The van der Waals surface area contributed by atoms with E-state index >= 15 is 0 Å². The molecule has 0 aromatic heterocycles. The second-order valence-electron chi connectivity index (χ2n) is 4.82. The van der Waals surface area contributed by atoms with E-state index in [2.05, 4.69) is 18.2 Å². The van der Waals surface area contributed by atoms with Crippen LogP contribution in [0.15, 0.2) is 42.1 Å². The van der Waals surface area contributed by atoms with Gasteiger partial charge in [-0.05, 0) is 30.9 Å². The van der Waals surface area contributed by atoms with Crippen molar-refractivity contribution in [2.24, 2.45) is 5.84 Å². The Balaban J connectivity index is 0.00000133. The molecule has 0 saturated heterocycles. The van der Waals surface area contributed by atoms with E-state index in [1.54, 1.807) is 0 Å². The Hall–Kier alpha value is -1.58. The van der Waals surface area contributed by atoms with Crippen molar-refractivity contribution >= 4 is 23.9 Å². The van der Waals surface area contributed by atoms with Gasteiger partial charge in [-0.1, -0.05) is 36.4 Å². The minimum atomic E-state index is -0.190. The molecule has 3 rings (SSSR count). The van der Waals surface area contributed by atoms with Crippen LogP contribution in [0.5, 0.6) is 0 Å². The summed E-state index contributed by atoms with van der Waals surface area (Å²) in [5, 5.41) is 1.35. The maximum atomic E-state index is 12.3. The van der Waals surface area contributed by atoms with Crippen molar-refractivity contribution in [3.05, 3.63) is 53.2 Å². The Morgan fingerprint density at radius 2 is 2.05 bits per heavy atom. The zero-order valence-electron chi connectivity index (χ0n) is 10.8. The molecule has 2 N–H and O–H groups in total. The van der Waals surface area contributed by atoms with E-state index in [4.69, 9.17) is 5.84 Å². The quantitative estimate of drug-likeness (QED) is 0.585. The predicted molar refractivity (Wildman–Crippen MR) is 78.4 cm³/mol. The number of amides is 1. The van der Waals surface area contributed by atoms with Crippen molar-refractivity contribution in [3.63, 3.8) is 0 Å². The van der Waals surface area contributed by atoms with E-state index in [9.17, 15) is 4.79 Å². The van der Waals surface area contributed by atoms with Crippen LogP contribution in [0, 0.1) is 0 Å². The smallest absolute Gasteiger partial charge is 0.248 e. The molecule has 100 valence electrons. The lowest BCUT2D eigenvalue weighted by Gasteiger charge is -2.23. The molecule has 1 aliphatic carbocycles. The number of hydrogen-bond donors (Lipinski definition) is 1. The molecule has 0 saturated carbocycles. The lowest BCUT2D eigenvalue weighted by Crippen LogP contribution is -2.38. The fourth-order valence-electron chi connectivity index (χ4n) is 2.74. The van der Waals surface area contributed by atoms with E-state index in [0.29, 0.717) is 0 Å². The van der Waals surface area contributed by atoms with Crippen molar-refractivity contribution in [3.8, 4) is 0 Å². The molecule has 19 heavy (non-hydrogen) atoms. The van der Waals surface area contributed by atoms with Crippen LogP contribution in [0.2, 0.25) is 0 Å². The number of carbonyl (C=O) groups excluding carboxylic acids is 1. The second kappa shape index (κ2) is 5.19. The summed E-state index contributed by atoms with van der Waals surface area (Å²) < 4.78 is 0. The highest BCUT2D eigenvalue weighted by Gasteiger charge is 2.30. The summed E-state index contributed by atoms with van der Waals surface area (Å²) in [6.07, 6.45) is 6.00. The van der Waals surface area contributed by atoms with Gasteiger partial charge in [0.2, 0.25) is 5.91 Å². The van der Waals surface area contributed by atoms with Crippen LogP contribution in [0.4, 0.5) is 0 Å². The topological polar surface area (TPSA) is 46.3 Å². The molecule has 1 amide bonds. The van der Waals surface area contributed by atoms with Crippen molar-refractivity contribution in [1.29, 1.82) is 0 Å². The average molecular weight is 277 g/mol. The van der Waals surface area contributed by atoms with Crippen molar-refractivity contribution in [2.75, 3.05) is 0 Å². The summed E-state index contributed by atoms with van der Waals surface area (Å²) >= 11 is 0.